The van der Waals surface area contributed by atoms with E-state index in [0.717, 1.165) is 18.3 Å². The minimum atomic E-state index is 0.682. The Morgan fingerprint density at radius 3 is 3.00 bits per heavy atom. The van der Waals surface area contributed by atoms with Gasteiger partial charge in [-0.05, 0) is 37.3 Å². The summed E-state index contributed by atoms with van der Waals surface area (Å²) >= 11 is 5.76. The predicted octanol–water partition coefficient (Wildman–Crippen LogP) is 3.50. The van der Waals surface area contributed by atoms with Crippen molar-refractivity contribution in [3.8, 4) is 0 Å². The molecular formula is C12H15ClN2. The van der Waals surface area contributed by atoms with Gasteiger partial charge in [-0.2, -0.15) is 0 Å². The number of nitrogens with zero attached hydrogens (tertiary/aromatic N) is 1. The second-order valence-electron chi connectivity index (χ2n) is 3.89. The van der Waals surface area contributed by atoms with Gasteiger partial charge in [0, 0.05) is 12.7 Å². The molecule has 2 nitrogen and oxygen atoms in total. The summed E-state index contributed by atoms with van der Waals surface area (Å²) in [6, 6.07) is 3.78. The quantitative estimate of drug-likeness (QED) is 0.792. The van der Waals surface area contributed by atoms with Crippen molar-refractivity contribution in [2.75, 3.05) is 11.9 Å². The lowest BCUT2D eigenvalue weighted by molar-refractivity contribution is 0.503. The van der Waals surface area contributed by atoms with Gasteiger partial charge in [0.1, 0.15) is 5.82 Å². The number of anilines is 1. The van der Waals surface area contributed by atoms with Crippen molar-refractivity contribution in [1.29, 1.82) is 0 Å². The molecular weight excluding hydrogens is 208 g/mol. The molecule has 1 aromatic heterocycles. The van der Waals surface area contributed by atoms with Crippen molar-refractivity contribution in [3.05, 3.63) is 35.5 Å². The van der Waals surface area contributed by atoms with Crippen molar-refractivity contribution in [3.63, 3.8) is 0 Å². The number of pyridine rings is 1. The number of allylic oxidation sites excluding steroid dienone is 2. The topological polar surface area (TPSA) is 24.9 Å². The van der Waals surface area contributed by atoms with Gasteiger partial charge in [0.05, 0.1) is 5.02 Å². The Hall–Kier alpha value is -1.02. The largest absolute Gasteiger partial charge is 0.370 e. The second-order valence-corrected chi connectivity index (χ2v) is 4.33. The number of hydrogen-bond acceptors (Lipinski definition) is 2. The molecule has 0 amide bonds. The summed E-state index contributed by atoms with van der Waals surface area (Å²) < 4.78 is 0. The third kappa shape index (κ3) is 3.24. The first kappa shape index (κ1) is 10.5. The fraction of sp³-hybridized carbons (Fsp3) is 0.417. The summed E-state index contributed by atoms with van der Waals surface area (Å²) in [5.41, 5.74) is 0. The van der Waals surface area contributed by atoms with Crippen LogP contribution in [-0.4, -0.2) is 11.5 Å². The Morgan fingerprint density at radius 1 is 1.40 bits per heavy atom. The molecule has 0 saturated heterocycles. The van der Waals surface area contributed by atoms with Crippen LogP contribution in [0.3, 0.4) is 0 Å². The van der Waals surface area contributed by atoms with Gasteiger partial charge < -0.3 is 5.32 Å². The van der Waals surface area contributed by atoms with Crippen molar-refractivity contribution in [2.24, 2.45) is 5.92 Å². The second kappa shape index (κ2) is 5.17. The maximum atomic E-state index is 5.76. The molecule has 0 bridgehead atoms. The Kier molecular flexibility index (Phi) is 3.62. The summed E-state index contributed by atoms with van der Waals surface area (Å²) in [4.78, 5) is 4.20. The van der Waals surface area contributed by atoms with E-state index in [1.165, 1.54) is 19.3 Å². The Labute approximate surface area is 95.4 Å². The van der Waals surface area contributed by atoms with E-state index in [0.29, 0.717) is 5.02 Å². The zero-order chi connectivity index (χ0) is 10.5. The molecule has 1 N–H and O–H groups in total. The fourth-order valence-corrected chi connectivity index (χ4v) is 1.88. The number of hydrogen-bond donors (Lipinski definition) is 1. The fourth-order valence-electron chi connectivity index (χ4n) is 1.77. The van der Waals surface area contributed by atoms with Gasteiger partial charge >= 0.3 is 0 Å². The maximum absolute atomic E-state index is 5.76. The number of halogens is 1. The van der Waals surface area contributed by atoms with Crippen LogP contribution < -0.4 is 5.32 Å². The van der Waals surface area contributed by atoms with Gasteiger partial charge in [0.15, 0.2) is 0 Å². The first-order chi connectivity index (χ1) is 7.34. The average Bonchev–Trinajstić information content (AvgIpc) is 2.30. The third-order valence-electron chi connectivity index (χ3n) is 2.68. The first-order valence-corrected chi connectivity index (χ1v) is 5.73. The summed E-state index contributed by atoms with van der Waals surface area (Å²) in [6.07, 6.45) is 9.87. The van der Waals surface area contributed by atoms with Gasteiger partial charge in [-0.1, -0.05) is 23.8 Å². The Bertz CT molecular complexity index is 332. The lowest BCUT2D eigenvalue weighted by atomic mass is 9.94. The zero-order valence-electron chi connectivity index (χ0n) is 8.62. The van der Waals surface area contributed by atoms with Gasteiger partial charge in [-0.15, -0.1) is 0 Å². The van der Waals surface area contributed by atoms with Crippen LogP contribution in [0.4, 0.5) is 5.82 Å². The Balaban J connectivity index is 1.82. The van der Waals surface area contributed by atoms with Crippen LogP contribution in [0.5, 0.6) is 0 Å². The van der Waals surface area contributed by atoms with Gasteiger partial charge in [-0.25, -0.2) is 4.98 Å². The lowest BCUT2D eigenvalue weighted by Gasteiger charge is -2.18. The minimum absolute atomic E-state index is 0.682. The van der Waals surface area contributed by atoms with E-state index in [-0.39, 0.29) is 0 Å². The molecule has 0 aromatic carbocycles. The SMILES string of the molecule is Clc1ccc(NCC2CC=CCC2)nc1. The summed E-state index contributed by atoms with van der Waals surface area (Å²) in [7, 11) is 0. The highest BCUT2D eigenvalue weighted by molar-refractivity contribution is 6.30. The van der Waals surface area contributed by atoms with Gasteiger partial charge in [0.25, 0.3) is 0 Å². The molecule has 1 aliphatic carbocycles. The molecule has 0 aliphatic heterocycles. The van der Waals surface area contributed by atoms with Crippen LogP contribution in [-0.2, 0) is 0 Å². The maximum Gasteiger partial charge on any atom is 0.125 e. The molecule has 15 heavy (non-hydrogen) atoms. The molecule has 2 rings (SSSR count). The van der Waals surface area contributed by atoms with Crippen LogP contribution in [0.2, 0.25) is 5.02 Å². The average molecular weight is 223 g/mol. The van der Waals surface area contributed by atoms with Crippen molar-refractivity contribution in [2.45, 2.75) is 19.3 Å². The molecule has 1 heterocycles. The van der Waals surface area contributed by atoms with Crippen molar-refractivity contribution in [1.82, 2.24) is 4.98 Å². The smallest absolute Gasteiger partial charge is 0.125 e. The molecule has 0 radical (unpaired) electrons. The normalized spacial score (nSPS) is 20.2. The highest BCUT2D eigenvalue weighted by atomic mass is 35.5. The van der Waals surface area contributed by atoms with Crippen LogP contribution in [0.1, 0.15) is 19.3 Å². The standard InChI is InChI=1S/C12H15ClN2/c13-11-6-7-12(15-9-11)14-8-10-4-2-1-3-5-10/h1-2,6-7,9-10H,3-5,8H2,(H,14,15). The van der Waals surface area contributed by atoms with E-state index in [1.807, 2.05) is 12.1 Å². The van der Waals surface area contributed by atoms with E-state index in [4.69, 9.17) is 11.6 Å². The van der Waals surface area contributed by atoms with Gasteiger partial charge in [-0.3, -0.25) is 0 Å². The van der Waals surface area contributed by atoms with Crippen molar-refractivity contribution < 1.29 is 0 Å². The zero-order valence-corrected chi connectivity index (χ0v) is 9.37. The number of nitrogens with one attached hydrogen (secondary N) is 1. The molecule has 1 aliphatic rings. The van der Waals surface area contributed by atoms with Crippen LogP contribution in [0.25, 0.3) is 0 Å². The molecule has 80 valence electrons. The predicted molar refractivity (Wildman–Crippen MR) is 64.2 cm³/mol. The molecule has 1 atom stereocenters. The van der Waals surface area contributed by atoms with E-state index in [2.05, 4.69) is 22.5 Å². The van der Waals surface area contributed by atoms with Crippen molar-refractivity contribution >= 4 is 17.4 Å². The molecule has 1 unspecified atom stereocenters. The molecule has 1 aromatic rings. The number of rotatable bonds is 3. The molecule has 3 heteroatoms. The molecule has 0 saturated carbocycles. The molecule has 0 fully saturated rings. The first-order valence-electron chi connectivity index (χ1n) is 5.35. The summed E-state index contributed by atoms with van der Waals surface area (Å²) in [5, 5.41) is 4.02. The Morgan fingerprint density at radius 2 is 2.33 bits per heavy atom. The monoisotopic (exact) mass is 222 g/mol. The van der Waals surface area contributed by atoms with E-state index in [1.54, 1.807) is 6.20 Å². The van der Waals surface area contributed by atoms with E-state index < -0.39 is 0 Å². The molecule has 0 spiro atoms. The minimum Gasteiger partial charge on any atom is -0.370 e. The lowest BCUT2D eigenvalue weighted by Crippen LogP contribution is -2.15. The van der Waals surface area contributed by atoms with Gasteiger partial charge in [0.2, 0.25) is 0 Å². The summed E-state index contributed by atoms with van der Waals surface area (Å²) in [6.45, 7) is 0.999. The van der Waals surface area contributed by atoms with Crippen LogP contribution >= 0.6 is 11.6 Å². The third-order valence-corrected chi connectivity index (χ3v) is 2.90. The highest BCUT2D eigenvalue weighted by Gasteiger charge is 2.09. The number of aromatic nitrogens is 1. The van der Waals surface area contributed by atoms with E-state index >= 15 is 0 Å². The highest BCUT2D eigenvalue weighted by Crippen LogP contribution is 2.18. The van der Waals surface area contributed by atoms with E-state index in [9.17, 15) is 0 Å². The summed E-state index contributed by atoms with van der Waals surface area (Å²) in [5.74, 6) is 1.65. The van der Waals surface area contributed by atoms with Crippen LogP contribution in [0.15, 0.2) is 30.5 Å². The van der Waals surface area contributed by atoms with Crippen LogP contribution in [0, 0.1) is 5.92 Å².